The lowest BCUT2D eigenvalue weighted by molar-refractivity contribution is -0.144. The molecular formula is C57H70F2N8O10. The second-order valence-electron chi connectivity index (χ2n) is 21.6. The number of aromatic nitrogens is 1. The Morgan fingerprint density at radius 3 is 2.45 bits per heavy atom. The van der Waals surface area contributed by atoms with Gasteiger partial charge in [0.05, 0.1) is 12.1 Å². The van der Waals surface area contributed by atoms with E-state index in [4.69, 9.17) is 5.73 Å². The van der Waals surface area contributed by atoms with Gasteiger partial charge in [-0.15, -0.1) is 0 Å². The number of aromatic amines is 1. The molecule has 8 N–H and O–H groups in total. The molecule has 2 aromatic carbocycles. The minimum absolute atomic E-state index is 0.0306. The Morgan fingerprint density at radius 1 is 0.922 bits per heavy atom. The van der Waals surface area contributed by atoms with Crippen LogP contribution in [0.1, 0.15) is 173 Å². The van der Waals surface area contributed by atoms with Gasteiger partial charge in [0.1, 0.15) is 23.8 Å². The zero-order chi connectivity index (χ0) is 55.0. The van der Waals surface area contributed by atoms with Gasteiger partial charge in [-0.2, -0.15) is 0 Å². The second kappa shape index (κ2) is 25.0. The number of hydrogen-bond donors (Lipinski definition) is 7. The van der Waals surface area contributed by atoms with Crippen molar-refractivity contribution in [3.8, 4) is 11.8 Å². The molecule has 5 aliphatic rings. The van der Waals surface area contributed by atoms with E-state index >= 15 is 0 Å². The topological polar surface area (TPSA) is 270 Å². The number of alkyl halides is 2. The monoisotopic (exact) mass is 1060 g/mol. The largest absolute Gasteiger partial charge is 0.393 e. The number of nitrogens with zero attached hydrogens (tertiary/aromatic N) is 2. The maximum absolute atomic E-state index is 14.4. The number of primary amides is 1. The summed E-state index contributed by atoms with van der Waals surface area (Å²) in [5, 5.41) is 22.3. The summed E-state index contributed by atoms with van der Waals surface area (Å²) in [7, 11) is 0. The average Bonchev–Trinajstić information content (AvgIpc) is 4.17. The van der Waals surface area contributed by atoms with Crippen molar-refractivity contribution in [1.82, 2.24) is 36.1 Å². The lowest BCUT2D eigenvalue weighted by Gasteiger charge is -2.37. The van der Waals surface area contributed by atoms with Crippen LogP contribution in [0.15, 0.2) is 42.5 Å². The number of Topliss-reactive ketones (excluding diaryl/α,β-unsaturated/α-hetero) is 1. The summed E-state index contributed by atoms with van der Waals surface area (Å²) in [4.78, 5) is 126. The van der Waals surface area contributed by atoms with Crippen LogP contribution in [0.3, 0.4) is 0 Å². The molecule has 3 saturated heterocycles. The van der Waals surface area contributed by atoms with Crippen molar-refractivity contribution in [2.75, 3.05) is 6.54 Å². The van der Waals surface area contributed by atoms with Crippen molar-refractivity contribution in [2.45, 2.75) is 184 Å². The zero-order valence-corrected chi connectivity index (χ0v) is 43.6. The molecule has 0 spiro atoms. The Hall–Kier alpha value is -7.01. The molecule has 1 aromatic heterocycles. The number of benzene rings is 2. The maximum atomic E-state index is 14.4. The highest BCUT2D eigenvalue weighted by molar-refractivity contribution is 6.06. The highest BCUT2D eigenvalue weighted by Crippen LogP contribution is 2.36. The molecule has 5 heterocycles. The summed E-state index contributed by atoms with van der Waals surface area (Å²) in [5.41, 5.74) is 7.78. The second-order valence-corrected chi connectivity index (χ2v) is 21.6. The Bertz CT molecular complexity index is 2830. The first-order valence-corrected chi connectivity index (χ1v) is 27.3. The van der Waals surface area contributed by atoms with Crippen LogP contribution in [-0.2, 0) is 46.0 Å². The Morgan fingerprint density at radius 2 is 1.70 bits per heavy atom. The van der Waals surface area contributed by atoms with Gasteiger partial charge in [0, 0.05) is 85.2 Å². The van der Waals surface area contributed by atoms with E-state index < -0.39 is 83.5 Å². The number of halogens is 2. The van der Waals surface area contributed by atoms with E-state index in [-0.39, 0.29) is 99.2 Å². The van der Waals surface area contributed by atoms with Gasteiger partial charge in [0.15, 0.2) is 5.78 Å². The van der Waals surface area contributed by atoms with Gasteiger partial charge in [-0.25, -0.2) is 8.78 Å². The fourth-order valence-electron chi connectivity index (χ4n) is 11.8. The fourth-order valence-corrected chi connectivity index (χ4v) is 11.8. The number of aliphatic hydroxyl groups is 1. The number of nitrogens with one attached hydrogen (secondary N) is 5. The number of H-pyrrole nitrogens is 1. The summed E-state index contributed by atoms with van der Waals surface area (Å²) in [5.74, 6) is -1.75. The number of carbonyl (C=O) groups excluding carboxylic acids is 9. The first-order valence-electron chi connectivity index (χ1n) is 27.3. The maximum Gasteiger partial charge on any atom is 0.270 e. The molecule has 4 fully saturated rings. The molecule has 8 rings (SSSR count). The molecule has 412 valence electrons. The molecule has 1 unspecified atom stereocenters. The minimum atomic E-state index is -3.10. The first-order chi connectivity index (χ1) is 36.9. The Labute approximate surface area is 446 Å². The standard InChI is InChI=1S/C57H70F2N8O10/c1-57(58,59)36-17-20-42-35(28-36)29-45(62-42)52(73)64-44-21-19-38(68)30-37-18-23-47(67(37)56(44)77)54(75)63-43(22-25-49(60)70)48(69)31-40(33-12-8-6-9-13-33)51(72)61-27-10-5-3-2-4-7-14-34-15-11-16-39-41(34)32-66(55(39)76)46-24-26-50(71)65-53(46)74/h11,15-17,20,28-29,33,37-38,40,43-44,46-47,62,68H,2-6,8-10,12-13,18-19,21-27,30-32H2,1H3,(H2,60,70)(H,61,72)(H,63,75)(H,64,73)(H,65,71,74)/t37-,38-,40+,43+,44+,46?,47+/m1/s1. The van der Waals surface area contributed by atoms with E-state index in [0.717, 1.165) is 69.4 Å². The molecule has 1 saturated carbocycles. The SMILES string of the molecule is CC(F)(F)c1ccc2[nH]c(C(=O)N[C@H]3CC[C@@H](O)C[C@H]4CC[C@@H](C(=O)N[C@@H](CCC(N)=O)C(=O)C[C@H](C(=O)NCCCCCCC#Cc5cccc6c5CN(C5CCC(=O)NC5=O)C6=O)C5CCCCC5)N4C3=O)cc2c1. The van der Waals surface area contributed by atoms with Crippen molar-refractivity contribution in [3.05, 3.63) is 70.4 Å². The number of piperidine rings is 1. The smallest absolute Gasteiger partial charge is 0.270 e. The van der Waals surface area contributed by atoms with Crippen molar-refractivity contribution in [1.29, 1.82) is 0 Å². The van der Waals surface area contributed by atoms with E-state index in [1.807, 2.05) is 6.07 Å². The molecule has 77 heavy (non-hydrogen) atoms. The van der Waals surface area contributed by atoms with Crippen molar-refractivity contribution >= 4 is 63.9 Å². The number of unbranched alkanes of at least 4 members (excludes halogenated alkanes) is 4. The third-order valence-corrected chi connectivity index (χ3v) is 16.1. The summed E-state index contributed by atoms with van der Waals surface area (Å²) in [6.07, 6.45) is 8.20. The number of hydrogen-bond acceptors (Lipinski definition) is 10. The number of amides is 8. The number of nitrogens with two attached hydrogens (primary N) is 1. The molecule has 3 aromatic rings. The summed E-state index contributed by atoms with van der Waals surface area (Å²) in [6.45, 7) is 1.41. The predicted octanol–water partition coefficient (Wildman–Crippen LogP) is 5.07. The van der Waals surface area contributed by atoms with Gasteiger partial charge in [-0.05, 0) is 112 Å². The van der Waals surface area contributed by atoms with Gasteiger partial charge in [-0.3, -0.25) is 48.5 Å². The lowest BCUT2D eigenvalue weighted by atomic mass is 9.76. The number of ketones is 1. The summed E-state index contributed by atoms with van der Waals surface area (Å²) < 4.78 is 28.1. The van der Waals surface area contributed by atoms with Crippen LogP contribution in [-0.4, -0.2) is 116 Å². The van der Waals surface area contributed by atoms with Gasteiger partial charge < -0.3 is 41.6 Å². The van der Waals surface area contributed by atoms with Crippen LogP contribution in [0, 0.1) is 23.7 Å². The quantitative estimate of drug-likeness (QED) is 0.0449. The van der Waals surface area contributed by atoms with Gasteiger partial charge in [0.25, 0.3) is 17.7 Å². The number of aliphatic hydroxyl groups excluding tert-OH is 1. The fraction of sp³-hybridized carbons (Fsp3) is 0.561. The van der Waals surface area contributed by atoms with Gasteiger partial charge in [-0.1, -0.05) is 56.1 Å². The molecule has 4 aliphatic heterocycles. The van der Waals surface area contributed by atoms with Crippen LogP contribution in [0.4, 0.5) is 8.78 Å². The van der Waals surface area contributed by atoms with Gasteiger partial charge in [0.2, 0.25) is 35.4 Å². The lowest BCUT2D eigenvalue weighted by Crippen LogP contribution is -2.58. The van der Waals surface area contributed by atoms with Gasteiger partial charge >= 0.3 is 0 Å². The van der Waals surface area contributed by atoms with Crippen LogP contribution in [0.2, 0.25) is 0 Å². The first kappa shape index (κ1) is 56.2. The van der Waals surface area contributed by atoms with E-state index in [1.165, 1.54) is 34.1 Å². The molecular weight excluding hydrogens is 995 g/mol. The number of fused-ring (bicyclic) bond motifs is 3. The molecule has 0 bridgehead atoms. The third-order valence-electron chi connectivity index (χ3n) is 16.1. The van der Waals surface area contributed by atoms with Crippen molar-refractivity contribution in [3.63, 3.8) is 0 Å². The molecule has 8 amide bonds. The molecule has 0 radical (unpaired) electrons. The van der Waals surface area contributed by atoms with Crippen LogP contribution >= 0.6 is 0 Å². The average molecular weight is 1070 g/mol. The molecule has 1 aliphatic carbocycles. The summed E-state index contributed by atoms with van der Waals surface area (Å²) >= 11 is 0. The molecule has 18 nitrogen and oxygen atoms in total. The normalized spacial score (nSPS) is 22.7. The highest BCUT2D eigenvalue weighted by Gasteiger charge is 2.46. The van der Waals surface area contributed by atoms with E-state index in [0.29, 0.717) is 42.3 Å². The number of rotatable bonds is 20. The predicted molar refractivity (Wildman–Crippen MR) is 278 cm³/mol. The molecule has 20 heteroatoms. The number of imide groups is 1. The van der Waals surface area contributed by atoms with Crippen LogP contribution < -0.4 is 27.0 Å². The zero-order valence-electron chi connectivity index (χ0n) is 43.6. The molecule has 7 atom stereocenters. The highest BCUT2D eigenvalue weighted by atomic mass is 19.3. The minimum Gasteiger partial charge on any atom is -0.393 e. The third kappa shape index (κ3) is 13.8. The van der Waals surface area contributed by atoms with Crippen LogP contribution in [0.25, 0.3) is 10.9 Å². The van der Waals surface area contributed by atoms with Crippen molar-refractivity contribution in [2.24, 2.45) is 17.6 Å². The van der Waals surface area contributed by atoms with Crippen LogP contribution in [0.5, 0.6) is 0 Å². The number of carbonyl (C=O) groups is 9. The Balaban J connectivity index is 0.847. The van der Waals surface area contributed by atoms with E-state index in [2.05, 4.69) is 38.1 Å². The Kier molecular flexibility index (Phi) is 18.2. The van der Waals surface area contributed by atoms with E-state index in [1.54, 1.807) is 12.1 Å². The van der Waals surface area contributed by atoms with E-state index in [9.17, 15) is 57.0 Å². The van der Waals surface area contributed by atoms with Crippen molar-refractivity contribution < 1.29 is 57.0 Å². The summed E-state index contributed by atoms with van der Waals surface area (Å²) in [6, 6.07) is 6.06.